The normalized spacial score (nSPS) is 13.8. The van der Waals surface area contributed by atoms with Gasteiger partial charge in [-0.15, -0.1) is 0 Å². The number of aromatic amines is 1. The summed E-state index contributed by atoms with van der Waals surface area (Å²) < 4.78 is 28.8. The van der Waals surface area contributed by atoms with Crippen molar-refractivity contribution >= 4 is 10.0 Å². The number of H-pyrrole nitrogens is 1. The number of fused-ring (bicyclic) bond motifs is 1. The highest BCUT2D eigenvalue weighted by Gasteiger charge is 2.22. The predicted octanol–water partition coefficient (Wildman–Crippen LogP) is 1.58. The first kappa shape index (κ1) is 22.1. The zero-order chi connectivity index (χ0) is 22.7. The van der Waals surface area contributed by atoms with Crippen LogP contribution < -0.4 is 11.2 Å². The minimum absolute atomic E-state index is 0.186. The van der Waals surface area contributed by atoms with Gasteiger partial charge in [-0.2, -0.15) is 0 Å². The number of aromatic nitrogens is 4. The molecule has 1 aromatic carbocycles. The molecular weight excluding hydrogens is 430 g/mol. The molecule has 0 aliphatic heterocycles. The van der Waals surface area contributed by atoms with Gasteiger partial charge in [0.1, 0.15) is 0 Å². The van der Waals surface area contributed by atoms with Gasteiger partial charge in [0.25, 0.3) is 5.56 Å². The second-order valence-corrected chi connectivity index (χ2v) is 9.88. The summed E-state index contributed by atoms with van der Waals surface area (Å²) in [5.41, 5.74) is 2.18. The number of benzene rings is 1. The fourth-order valence-electron chi connectivity index (χ4n) is 4.03. The quantitative estimate of drug-likeness (QED) is 0.578. The highest BCUT2D eigenvalue weighted by molar-refractivity contribution is 7.89. The predicted molar refractivity (Wildman–Crippen MR) is 120 cm³/mol. The van der Waals surface area contributed by atoms with E-state index in [9.17, 15) is 18.0 Å². The van der Waals surface area contributed by atoms with Crippen LogP contribution in [0.25, 0.3) is 11.3 Å². The molecule has 1 aliphatic carbocycles. The van der Waals surface area contributed by atoms with Gasteiger partial charge >= 0.3 is 5.69 Å². The summed E-state index contributed by atoms with van der Waals surface area (Å²) in [7, 11) is -2.15. The van der Waals surface area contributed by atoms with Crippen molar-refractivity contribution in [1.29, 1.82) is 0 Å². The molecule has 9 nitrogen and oxygen atoms in total. The Balaban J connectivity index is 1.45. The van der Waals surface area contributed by atoms with Crippen LogP contribution in [0.4, 0.5) is 0 Å². The summed E-state index contributed by atoms with van der Waals surface area (Å²) in [6.45, 7) is 0.595. The molecule has 1 aliphatic rings. The van der Waals surface area contributed by atoms with E-state index >= 15 is 0 Å². The monoisotopic (exact) mass is 455 g/mol. The maximum absolute atomic E-state index is 12.9. The van der Waals surface area contributed by atoms with Crippen LogP contribution in [0.1, 0.15) is 30.5 Å². The highest BCUT2D eigenvalue weighted by Crippen LogP contribution is 2.21. The fraction of sp³-hybridized carbons (Fsp3) is 0.364. The van der Waals surface area contributed by atoms with Crippen LogP contribution in [-0.4, -0.2) is 45.8 Å². The van der Waals surface area contributed by atoms with E-state index in [1.165, 1.54) is 11.4 Å². The molecular formula is C22H25N5O4S. The van der Waals surface area contributed by atoms with E-state index in [0.29, 0.717) is 37.1 Å². The highest BCUT2D eigenvalue weighted by atomic mass is 32.2. The number of nitrogens with one attached hydrogen (secondary N) is 1. The zero-order valence-electron chi connectivity index (χ0n) is 17.8. The lowest BCUT2D eigenvalue weighted by atomic mass is 9.97. The summed E-state index contributed by atoms with van der Waals surface area (Å²) in [6, 6.07) is 6.52. The second kappa shape index (κ2) is 9.17. The molecule has 4 rings (SSSR count). The third kappa shape index (κ3) is 4.42. The number of hydrogen-bond acceptors (Lipinski definition) is 6. The van der Waals surface area contributed by atoms with Gasteiger partial charge in [-0.1, -0.05) is 12.1 Å². The second-order valence-electron chi connectivity index (χ2n) is 7.84. The van der Waals surface area contributed by atoms with Crippen LogP contribution in [0.15, 0.2) is 57.3 Å². The molecule has 0 saturated carbocycles. The van der Waals surface area contributed by atoms with E-state index < -0.39 is 15.7 Å². The Kier molecular flexibility index (Phi) is 6.33. The molecule has 0 radical (unpaired) electrons. The van der Waals surface area contributed by atoms with Crippen molar-refractivity contribution in [3.8, 4) is 11.3 Å². The number of sulfonamides is 1. The van der Waals surface area contributed by atoms with Crippen LogP contribution in [0.3, 0.4) is 0 Å². The molecule has 1 N–H and O–H groups in total. The van der Waals surface area contributed by atoms with E-state index in [2.05, 4.69) is 15.0 Å². The van der Waals surface area contributed by atoms with Crippen molar-refractivity contribution in [2.45, 2.75) is 43.5 Å². The Labute approximate surface area is 185 Å². The van der Waals surface area contributed by atoms with Gasteiger partial charge in [0.05, 0.1) is 16.8 Å². The molecule has 0 unspecified atom stereocenters. The topological polar surface area (TPSA) is 118 Å². The molecule has 2 heterocycles. The average Bonchev–Trinajstić information content (AvgIpc) is 2.81. The van der Waals surface area contributed by atoms with Crippen molar-refractivity contribution in [3.05, 3.63) is 75.0 Å². The minimum atomic E-state index is -3.67. The van der Waals surface area contributed by atoms with E-state index in [1.54, 1.807) is 47.4 Å². The first-order valence-corrected chi connectivity index (χ1v) is 12.0. The Bertz CT molecular complexity index is 1320. The molecule has 0 fully saturated rings. The van der Waals surface area contributed by atoms with Crippen LogP contribution in [0.2, 0.25) is 0 Å². The smallest absolute Gasteiger partial charge is 0.297 e. The summed E-state index contributed by atoms with van der Waals surface area (Å²) in [5.74, 6) is 0. The van der Waals surface area contributed by atoms with Gasteiger partial charge in [-0.3, -0.25) is 24.3 Å². The van der Waals surface area contributed by atoms with E-state index in [-0.39, 0.29) is 17.0 Å². The summed E-state index contributed by atoms with van der Waals surface area (Å²) in [4.78, 5) is 35.2. The Morgan fingerprint density at radius 1 is 1.09 bits per heavy atom. The van der Waals surface area contributed by atoms with Crippen LogP contribution >= 0.6 is 0 Å². The Hall–Kier alpha value is -3.11. The summed E-state index contributed by atoms with van der Waals surface area (Å²) >= 11 is 0. The van der Waals surface area contributed by atoms with Crippen molar-refractivity contribution in [3.63, 3.8) is 0 Å². The standard InChI is InChI=1S/C22H25N5O4S/c1-26(13-4-14-27-20-6-3-2-5-18(20)21(28)25-22(27)29)32(30,31)17-9-7-16(8-10-17)19-15-23-11-12-24-19/h7-12,15H,2-6,13-14H2,1H3,(H,25,28,29). The molecule has 0 bridgehead atoms. The van der Waals surface area contributed by atoms with E-state index in [4.69, 9.17) is 0 Å². The first-order valence-electron chi connectivity index (χ1n) is 10.6. The summed E-state index contributed by atoms with van der Waals surface area (Å²) in [5, 5.41) is 0. The van der Waals surface area contributed by atoms with Crippen molar-refractivity contribution in [2.24, 2.45) is 0 Å². The molecule has 0 amide bonds. The third-order valence-electron chi connectivity index (χ3n) is 5.78. The van der Waals surface area contributed by atoms with Gasteiger partial charge < -0.3 is 0 Å². The SMILES string of the molecule is CN(CCCn1c2c(c(=O)[nH]c1=O)CCCC2)S(=O)(=O)c1ccc(-c2cnccn2)cc1. The lowest BCUT2D eigenvalue weighted by Crippen LogP contribution is -2.37. The van der Waals surface area contributed by atoms with E-state index in [1.807, 2.05) is 0 Å². The molecule has 3 aromatic rings. The lowest BCUT2D eigenvalue weighted by Gasteiger charge is -2.21. The van der Waals surface area contributed by atoms with Crippen LogP contribution in [0.5, 0.6) is 0 Å². The third-order valence-corrected chi connectivity index (χ3v) is 7.65. The van der Waals surface area contributed by atoms with Crippen LogP contribution in [-0.2, 0) is 29.4 Å². The molecule has 2 aromatic heterocycles. The van der Waals surface area contributed by atoms with Gasteiger partial charge in [-0.05, 0) is 44.2 Å². The Morgan fingerprint density at radius 2 is 1.84 bits per heavy atom. The van der Waals surface area contributed by atoms with Crippen LogP contribution in [0, 0.1) is 0 Å². The van der Waals surface area contributed by atoms with E-state index in [0.717, 1.165) is 24.1 Å². The zero-order valence-corrected chi connectivity index (χ0v) is 18.6. The molecule has 10 heteroatoms. The van der Waals surface area contributed by atoms with Gasteiger partial charge in [-0.25, -0.2) is 17.5 Å². The molecule has 0 spiro atoms. The molecule has 32 heavy (non-hydrogen) atoms. The molecule has 0 atom stereocenters. The number of hydrogen-bond donors (Lipinski definition) is 1. The van der Waals surface area contributed by atoms with Crippen molar-refractivity contribution in [2.75, 3.05) is 13.6 Å². The fourth-order valence-corrected chi connectivity index (χ4v) is 5.24. The largest absolute Gasteiger partial charge is 0.328 e. The minimum Gasteiger partial charge on any atom is -0.297 e. The lowest BCUT2D eigenvalue weighted by molar-refractivity contribution is 0.435. The molecule has 168 valence electrons. The maximum Gasteiger partial charge on any atom is 0.328 e. The number of rotatable bonds is 7. The Morgan fingerprint density at radius 3 is 2.56 bits per heavy atom. The summed E-state index contributed by atoms with van der Waals surface area (Å²) in [6.07, 6.45) is 8.47. The van der Waals surface area contributed by atoms with Crippen molar-refractivity contribution < 1.29 is 8.42 Å². The average molecular weight is 456 g/mol. The molecule has 0 saturated heterocycles. The van der Waals surface area contributed by atoms with Gasteiger partial charge in [0, 0.05) is 49.4 Å². The first-order chi connectivity index (χ1) is 15.4. The number of nitrogens with zero attached hydrogens (tertiary/aromatic N) is 4. The maximum atomic E-state index is 12.9. The van der Waals surface area contributed by atoms with Gasteiger partial charge in [0.15, 0.2) is 0 Å². The van der Waals surface area contributed by atoms with Gasteiger partial charge in [0.2, 0.25) is 10.0 Å². The van der Waals surface area contributed by atoms with Crippen molar-refractivity contribution in [1.82, 2.24) is 23.8 Å².